The molecule has 9 nitrogen and oxygen atoms in total. The fourth-order valence-electron chi connectivity index (χ4n) is 5.47. The number of hydrogen-bond acceptors (Lipinski definition) is 7. The number of ether oxygens (including phenoxy) is 3. The van der Waals surface area contributed by atoms with Gasteiger partial charge in [-0.1, -0.05) is 12.1 Å². The topological polar surface area (TPSA) is 103 Å². The summed E-state index contributed by atoms with van der Waals surface area (Å²) >= 11 is 0. The van der Waals surface area contributed by atoms with Crippen LogP contribution in [-0.4, -0.2) is 60.1 Å². The van der Waals surface area contributed by atoms with Crippen LogP contribution in [0.15, 0.2) is 54.6 Å². The Morgan fingerprint density at radius 3 is 2.68 bits per heavy atom. The minimum Gasteiger partial charge on any atom is -0.494 e. The molecule has 2 amide bonds. The van der Waals surface area contributed by atoms with E-state index >= 15 is 0 Å². The molecule has 1 unspecified atom stereocenters. The second kappa shape index (κ2) is 11.1. The van der Waals surface area contributed by atoms with Gasteiger partial charge in [-0.05, 0) is 85.8 Å². The number of nitrogens with zero attached hydrogens (tertiary/aromatic N) is 3. The molecule has 4 aromatic rings. The summed E-state index contributed by atoms with van der Waals surface area (Å²) in [5.41, 5.74) is 6.61. The number of carbonyl (C=O) groups excluding carboxylic acids is 2. The van der Waals surface area contributed by atoms with Gasteiger partial charge >= 0.3 is 0 Å². The van der Waals surface area contributed by atoms with Crippen molar-refractivity contribution >= 4 is 22.8 Å². The highest BCUT2D eigenvalue weighted by Crippen LogP contribution is 2.42. The van der Waals surface area contributed by atoms with Crippen molar-refractivity contribution in [1.29, 1.82) is 0 Å². The highest BCUT2D eigenvalue weighted by molar-refractivity contribution is 5.98. The molecule has 0 saturated heterocycles. The van der Waals surface area contributed by atoms with Crippen molar-refractivity contribution in [1.82, 2.24) is 20.2 Å². The molecule has 1 atom stereocenters. The highest BCUT2D eigenvalue weighted by Gasteiger charge is 2.34. The number of methoxy groups -OCH3 is 1. The van der Waals surface area contributed by atoms with E-state index in [1.165, 1.54) is 0 Å². The lowest BCUT2D eigenvalue weighted by Crippen LogP contribution is -2.40. The number of amides is 2. The van der Waals surface area contributed by atoms with Gasteiger partial charge in [0.15, 0.2) is 18.1 Å². The molecule has 3 aromatic carbocycles. The van der Waals surface area contributed by atoms with Crippen LogP contribution in [0.25, 0.3) is 11.0 Å². The van der Waals surface area contributed by atoms with Gasteiger partial charge in [-0.25, -0.2) is 9.97 Å². The second-order valence-electron chi connectivity index (χ2n) is 10.4. The average molecular weight is 553 g/mol. The van der Waals surface area contributed by atoms with E-state index in [-0.39, 0.29) is 18.4 Å². The molecule has 0 saturated carbocycles. The van der Waals surface area contributed by atoms with E-state index in [1.54, 1.807) is 7.11 Å². The first-order chi connectivity index (χ1) is 19.9. The van der Waals surface area contributed by atoms with Gasteiger partial charge in [-0.2, -0.15) is 0 Å². The predicted molar refractivity (Wildman–Crippen MR) is 154 cm³/mol. The van der Waals surface area contributed by atoms with Gasteiger partial charge in [0.1, 0.15) is 5.75 Å². The molecule has 0 spiro atoms. The Morgan fingerprint density at radius 2 is 1.85 bits per heavy atom. The molecule has 9 heteroatoms. The lowest BCUT2D eigenvalue weighted by atomic mass is 9.87. The van der Waals surface area contributed by atoms with Gasteiger partial charge in [0.2, 0.25) is 0 Å². The fraction of sp³-hybridized carbons (Fsp3) is 0.312. The lowest BCUT2D eigenvalue weighted by molar-refractivity contribution is -0.123. The molecule has 4 heterocycles. The van der Waals surface area contributed by atoms with E-state index < -0.39 is 6.04 Å². The van der Waals surface area contributed by atoms with Crippen LogP contribution >= 0.6 is 0 Å². The molecule has 3 aliphatic rings. The summed E-state index contributed by atoms with van der Waals surface area (Å²) in [6, 6.07) is 16.8. The zero-order valence-corrected chi connectivity index (χ0v) is 23.4. The Kier molecular flexibility index (Phi) is 7.17. The summed E-state index contributed by atoms with van der Waals surface area (Å²) in [7, 11) is 1.57. The molecule has 0 aliphatic carbocycles. The van der Waals surface area contributed by atoms with E-state index in [4.69, 9.17) is 14.2 Å². The quantitative estimate of drug-likeness (QED) is 0.395. The van der Waals surface area contributed by atoms with Crippen molar-refractivity contribution in [3.8, 4) is 17.2 Å². The van der Waals surface area contributed by atoms with Crippen LogP contribution < -0.4 is 19.5 Å². The summed E-state index contributed by atoms with van der Waals surface area (Å²) in [5.74, 6) is 1.41. The third-order valence-corrected chi connectivity index (χ3v) is 7.68. The van der Waals surface area contributed by atoms with E-state index in [0.29, 0.717) is 60.9 Å². The number of aryl methyl sites for hydroxylation is 2. The second-order valence-corrected chi connectivity index (χ2v) is 10.4. The normalized spacial score (nSPS) is 17.0. The molecule has 0 radical (unpaired) electrons. The molecule has 1 N–H and O–H groups in total. The first-order valence-corrected chi connectivity index (χ1v) is 13.8. The Labute approximate surface area is 238 Å². The molecular formula is C32H32N4O5. The number of rotatable bonds is 2. The van der Waals surface area contributed by atoms with Crippen LogP contribution in [0.1, 0.15) is 50.9 Å². The standard InChI is InChI=1S/C32H32N4O5/c1-19-20(2)35-27-15-23(8-9-26(27)34-19)32(38)36-12-10-21-16-29-28(39-3)17-25(21)31(36)22-6-4-7-24(14-22)40-13-5-11-33-30(37)18-41-29/h4,6-9,14-17,31H,5,10-13,18H2,1-3H3,(H,33,37). The van der Waals surface area contributed by atoms with E-state index in [0.717, 1.165) is 33.6 Å². The Balaban J connectivity index is 1.46. The first kappa shape index (κ1) is 26.6. The molecule has 41 heavy (non-hydrogen) atoms. The van der Waals surface area contributed by atoms with E-state index in [1.807, 2.05) is 73.3 Å². The van der Waals surface area contributed by atoms with Crippen LogP contribution in [0, 0.1) is 13.8 Å². The van der Waals surface area contributed by atoms with Crippen LogP contribution in [0.2, 0.25) is 0 Å². The number of aromatic nitrogens is 2. The summed E-state index contributed by atoms with van der Waals surface area (Å²) in [5, 5.41) is 2.86. The van der Waals surface area contributed by atoms with Crippen molar-refractivity contribution in [2.45, 2.75) is 32.7 Å². The predicted octanol–water partition coefficient (Wildman–Crippen LogP) is 4.32. The third kappa shape index (κ3) is 5.27. The Hall–Kier alpha value is -4.66. The molecule has 1 aromatic heterocycles. The average Bonchev–Trinajstić information content (AvgIpc) is 2.98. The first-order valence-electron chi connectivity index (χ1n) is 13.8. The Bertz CT molecular complexity index is 1650. The van der Waals surface area contributed by atoms with Crippen molar-refractivity contribution in [2.75, 3.05) is 33.4 Å². The van der Waals surface area contributed by atoms with Crippen LogP contribution in [0.4, 0.5) is 0 Å². The van der Waals surface area contributed by atoms with E-state index in [9.17, 15) is 9.59 Å². The number of benzene rings is 3. The minimum absolute atomic E-state index is 0.0979. The zero-order valence-electron chi connectivity index (χ0n) is 23.4. The van der Waals surface area contributed by atoms with Gasteiger partial charge in [0.05, 0.1) is 42.2 Å². The summed E-state index contributed by atoms with van der Waals surface area (Å²) in [6.07, 6.45) is 1.26. The number of carbonyl (C=O) groups is 2. The number of hydrogen-bond donors (Lipinski definition) is 1. The van der Waals surface area contributed by atoms with Gasteiger partial charge in [0.25, 0.3) is 11.8 Å². The van der Waals surface area contributed by atoms with Crippen LogP contribution in [0.3, 0.4) is 0 Å². The van der Waals surface area contributed by atoms with Gasteiger partial charge in [-0.3, -0.25) is 9.59 Å². The summed E-state index contributed by atoms with van der Waals surface area (Å²) in [4.78, 5) is 37.7. The van der Waals surface area contributed by atoms with Gasteiger partial charge in [0, 0.05) is 18.7 Å². The number of nitrogens with one attached hydrogen (secondary N) is 1. The molecule has 6 bridgehead atoms. The van der Waals surface area contributed by atoms with E-state index in [2.05, 4.69) is 15.3 Å². The minimum atomic E-state index is -0.393. The molecular weight excluding hydrogens is 520 g/mol. The van der Waals surface area contributed by atoms with Gasteiger partial charge < -0.3 is 24.4 Å². The maximum atomic E-state index is 14.2. The van der Waals surface area contributed by atoms with Crippen LogP contribution in [-0.2, 0) is 11.2 Å². The van der Waals surface area contributed by atoms with Crippen molar-refractivity contribution in [3.05, 3.63) is 88.2 Å². The van der Waals surface area contributed by atoms with Crippen LogP contribution in [0.5, 0.6) is 17.2 Å². The fourth-order valence-corrected chi connectivity index (χ4v) is 5.47. The summed E-state index contributed by atoms with van der Waals surface area (Å²) < 4.78 is 17.6. The molecule has 0 fully saturated rings. The highest BCUT2D eigenvalue weighted by atomic mass is 16.5. The molecule has 210 valence electrons. The smallest absolute Gasteiger partial charge is 0.257 e. The number of fused-ring (bicyclic) bond motifs is 9. The lowest BCUT2D eigenvalue weighted by Gasteiger charge is -2.38. The van der Waals surface area contributed by atoms with Crippen molar-refractivity contribution in [3.63, 3.8) is 0 Å². The molecule has 7 rings (SSSR count). The largest absolute Gasteiger partial charge is 0.494 e. The monoisotopic (exact) mass is 552 g/mol. The Morgan fingerprint density at radius 1 is 1.02 bits per heavy atom. The maximum absolute atomic E-state index is 14.2. The maximum Gasteiger partial charge on any atom is 0.257 e. The van der Waals surface area contributed by atoms with Gasteiger partial charge in [-0.15, -0.1) is 0 Å². The zero-order chi connectivity index (χ0) is 28.5. The molecule has 3 aliphatic heterocycles. The van der Waals surface area contributed by atoms with Crippen molar-refractivity contribution in [2.24, 2.45) is 0 Å². The SMILES string of the molecule is COc1cc2c3cc1OCC(=O)NCCCOc1cccc(c1)C2N(C(=O)c1ccc2nc(C)c(C)nc2c1)CC3. The van der Waals surface area contributed by atoms with Crippen molar-refractivity contribution < 1.29 is 23.8 Å². The summed E-state index contributed by atoms with van der Waals surface area (Å²) in [6.45, 7) is 5.14. The third-order valence-electron chi connectivity index (χ3n) is 7.68.